The highest BCUT2D eigenvalue weighted by molar-refractivity contribution is 5.95. The van der Waals surface area contributed by atoms with Gasteiger partial charge in [-0.1, -0.05) is 36.4 Å². The molecule has 7 nitrogen and oxygen atoms in total. The number of hydrogen-bond acceptors (Lipinski definition) is 4. The van der Waals surface area contributed by atoms with Crippen LogP contribution in [0.3, 0.4) is 0 Å². The van der Waals surface area contributed by atoms with Crippen LogP contribution in [-0.4, -0.2) is 20.0 Å². The number of rotatable bonds is 5. The third-order valence-electron chi connectivity index (χ3n) is 5.41. The lowest BCUT2D eigenvalue weighted by Gasteiger charge is -2.08. The molecule has 0 atom stereocenters. The number of anilines is 1. The predicted molar refractivity (Wildman–Crippen MR) is 117 cm³/mol. The fourth-order valence-electron chi connectivity index (χ4n) is 3.78. The number of hydrogen-bond donors (Lipinski definition) is 1. The summed E-state index contributed by atoms with van der Waals surface area (Å²) in [6.07, 6.45) is 5.37. The van der Waals surface area contributed by atoms with Gasteiger partial charge in [-0.3, -0.25) is 14.2 Å². The van der Waals surface area contributed by atoms with Crippen molar-refractivity contribution < 1.29 is 4.79 Å². The monoisotopic (exact) mass is 409 g/mol. The smallest absolute Gasteiger partial charge is 0.278 e. The topological polar surface area (TPSA) is 92.7 Å². The van der Waals surface area contributed by atoms with Gasteiger partial charge in [0.1, 0.15) is 17.6 Å². The van der Waals surface area contributed by atoms with Gasteiger partial charge in [-0.25, -0.2) is 4.98 Å². The molecule has 0 bridgehead atoms. The summed E-state index contributed by atoms with van der Waals surface area (Å²) < 4.78 is 3.34. The Kier molecular flexibility index (Phi) is 4.60. The molecule has 152 valence electrons. The molecule has 2 aromatic carbocycles. The van der Waals surface area contributed by atoms with Gasteiger partial charge >= 0.3 is 0 Å². The molecule has 1 N–H and O–H groups in total. The number of fused-ring (bicyclic) bond motifs is 1. The van der Waals surface area contributed by atoms with E-state index in [9.17, 15) is 9.59 Å². The standard InChI is InChI=1S/C24H19N5O2/c25-12-16-5-4-8-18(11-16)27-21(30)14-28-13-20(17-6-2-1-3-7-17)22-23(28)24(31)29(15-26-22)19-9-10-19/h1-8,11,13,15,19H,9-10,14H2,(H,27,30). The van der Waals surface area contributed by atoms with Gasteiger partial charge < -0.3 is 9.88 Å². The minimum absolute atomic E-state index is 0.0360. The second kappa shape index (κ2) is 7.58. The number of nitrogens with one attached hydrogen (secondary N) is 1. The zero-order valence-electron chi connectivity index (χ0n) is 16.7. The average molecular weight is 409 g/mol. The number of aromatic nitrogens is 3. The number of carbonyl (C=O) groups is 1. The highest BCUT2D eigenvalue weighted by atomic mass is 16.2. The predicted octanol–water partition coefficient (Wildman–Crippen LogP) is 3.71. The summed E-state index contributed by atoms with van der Waals surface area (Å²) in [5.41, 5.74) is 3.64. The van der Waals surface area contributed by atoms with Crippen molar-refractivity contribution in [3.8, 4) is 17.2 Å². The molecule has 2 heterocycles. The first-order valence-electron chi connectivity index (χ1n) is 10.1. The molecule has 1 saturated carbocycles. The van der Waals surface area contributed by atoms with Crippen molar-refractivity contribution in [2.45, 2.75) is 25.4 Å². The molecular formula is C24H19N5O2. The molecular weight excluding hydrogens is 390 g/mol. The van der Waals surface area contributed by atoms with Crippen molar-refractivity contribution in [1.29, 1.82) is 5.26 Å². The van der Waals surface area contributed by atoms with Gasteiger partial charge in [0.05, 0.1) is 18.0 Å². The third kappa shape index (κ3) is 3.60. The molecule has 0 saturated heterocycles. The molecule has 5 rings (SSSR count). The van der Waals surface area contributed by atoms with E-state index in [0.717, 1.165) is 24.0 Å². The van der Waals surface area contributed by atoms with E-state index in [4.69, 9.17) is 5.26 Å². The first kappa shape index (κ1) is 18.8. The first-order chi connectivity index (χ1) is 15.1. The van der Waals surface area contributed by atoms with E-state index in [1.165, 1.54) is 0 Å². The van der Waals surface area contributed by atoms with Crippen LogP contribution in [-0.2, 0) is 11.3 Å². The first-order valence-corrected chi connectivity index (χ1v) is 10.1. The van der Waals surface area contributed by atoms with Crippen LogP contribution in [0.15, 0.2) is 71.9 Å². The van der Waals surface area contributed by atoms with Crippen molar-refractivity contribution in [2.75, 3.05) is 5.32 Å². The second-order valence-electron chi connectivity index (χ2n) is 7.66. The number of benzene rings is 2. The molecule has 0 spiro atoms. The summed E-state index contributed by atoms with van der Waals surface area (Å²) in [5, 5.41) is 11.9. The molecule has 0 unspecified atom stereocenters. The number of carbonyl (C=O) groups excluding carboxylic acids is 1. The van der Waals surface area contributed by atoms with Gasteiger partial charge in [-0.15, -0.1) is 0 Å². The van der Waals surface area contributed by atoms with Gasteiger partial charge in [0.2, 0.25) is 5.91 Å². The minimum Gasteiger partial charge on any atom is -0.332 e. The summed E-state index contributed by atoms with van der Waals surface area (Å²) in [6.45, 7) is -0.0360. The third-order valence-corrected chi connectivity index (χ3v) is 5.41. The maximum Gasteiger partial charge on any atom is 0.278 e. The summed E-state index contributed by atoms with van der Waals surface area (Å²) in [6, 6.07) is 18.7. The van der Waals surface area contributed by atoms with E-state index in [2.05, 4.69) is 16.4 Å². The van der Waals surface area contributed by atoms with Crippen LogP contribution >= 0.6 is 0 Å². The second-order valence-corrected chi connectivity index (χ2v) is 7.66. The van der Waals surface area contributed by atoms with Crippen molar-refractivity contribution in [1.82, 2.24) is 14.1 Å². The van der Waals surface area contributed by atoms with Crippen LogP contribution < -0.4 is 10.9 Å². The Bertz CT molecular complexity index is 1390. The lowest BCUT2D eigenvalue weighted by Crippen LogP contribution is -2.24. The molecule has 2 aromatic heterocycles. The Morgan fingerprint density at radius 3 is 2.71 bits per heavy atom. The van der Waals surface area contributed by atoms with Crippen LogP contribution in [0, 0.1) is 11.3 Å². The summed E-state index contributed by atoms with van der Waals surface area (Å²) in [5.74, 6) is -0.284. The Hall–Kier alpha value is -4.18. The zero-order chi connectivity index (χ0) is 21.4. The summed E-state index contributed by atoms with van der Waals surface area (Å²) >= 11 is 0. The van der Waals surface area contributed by atoms with Gasteiger partial charge in [0.25, 0.3) is 5.56 Å². The van der Waals surface area contributed by atoms with E-state index in [-0.39, 0.29) is 24.1 Å². The lowest BCUT2D eigenvalue weighted by molar-refractivity contribution is -0.116. The highest BCUT2D eigenvalue weighted by Gasteiger charge is 2.27. The van der Waals surface area contributed by atoms with E-state index >= 15 is 0 Å². The van der Waals surface area contributed by atoms with E-state index in [1.807, 2.05) is 36.5 Å². The molecule has 0 radical (unpaired) electrons. The van der Waals surface area contributed by atoms with Crippen molar-refractivity contribution in [3.05, 3.63) is 83.0 Å². The maximum absolute atomic E-state index is 13.2. The normalized spacial score (nSPS) is 13.1. The molecule has 1 fully saturated rings. The fraction of sp³-hybridized carbons (Fsp3) is 0.167. The average Bonchev–Trinajstić information content (AvgIpc) is 3.56. The Balaban J connectivity index is 1.55. The molecule has 31 heavy (non-hydrogen) atoms. The number of nitriles is 1. The van der Waals surface area contributed by atoms with E-state index in [0.29, 0.717) is 22.3 Å². The summed E-state index contributed by atoms with van der Waals surface area (Å²) in [4.78, 5) is 30.6. The van der Waals surface area contributed by atoms with Gasteiger partial charge in [-0.2, -0.15) is 5.26 Å². The van der Waals surface area contributed by atoms with Crippen LogP contribution in [0.2, 0.25) is 0 Å². The van der Waals surface area contributed by atoms with Crippen LogP contribution in [0.1, 0.15) is 24.4 Å². The van der Waals surface area contributed by atoms with Gasteiger partial charge in [-0.05, 0) is 36.6 Å². The van der Waals surface area contributed by atoms with Crippen LogP contribution in [0.4, 0.5) is 5.69 Å². The van der Waals surface area contributed by atoms with E-state index in [1.54, 1.807) is 39.7 Å². The Morgan fingerprint density at radius 1 is 1.16 bits per heavy atom. The van der Waals surface area contributed by atoms with Crippen molar-refractivity contribution in [2.24, 2.45) is 0 Å². The van der Waals surface area contributed by atoms with Crippen molar-refractivity contribution >= 4 is 22.6 Å². The van der Waals surface area contributed by atoms with Crippen molar-refractivity contribution in [3.63, 3.8) is 0 Å². The fourth-order valence-corrected chi connectivity index (χ4v) is 3.78. The van der Waals surface area contributed by atoms with Crippen LogP contribution in [0.25, 0.3) is 22.2 Å². The quantitative estimate of drug-likeness (QED) is 0.544. The molecule has 7 heteroatoms. The maximum atomic E-state index is 13.2. The van der Waals surface area contributed by atoms with E-state index < -0.39 is 0 Å². The zero-order valence-corrected chi connectivity index (χ0v) is 16.7. The minimum atomic E-state index is -0.284. The molecule has 0 aliphatic heterocycles. The molecule has 1 aliphatic rings. The van der Waals surface area contributed by atoms with Gasteiger partial charge in [0, 0.05) is 23.5 Å². The van der Waals surface area contributed by atoms with Crippen LogP contribution in [0.5, 0.6) is 0 Å². The lowest BCUT2D eigenvalue weighted by atomic mass is 10.1. The largest absolute Gasteiger partial charge is 0.332 e. The SMILES string of the molecule is N#Cc1cccc(NC(=O)Cn2cc(-c3ccccc3)c3ncn(C4CC4)c(=O)c32)c1. The van der Waals surface area contributed by atoms with Gasteiger partial charge in [0.15, 0.2) is 0 Å². The number of nitrogens with zero attached hydrogens (tertiary/aromatic N) is 4. The summed E-state index contributed by atoms with van der Waals surface area (Å²) in [7, 11) is 0. The highest BCUT2D eigenvalue weighted by Crippen LogP contribution is 2.34. The Labute approximate surface area is 178 Å². The molecule has 1 amide bonds. The number of amides is 1. The molecule has 1 aliphatic carbocycles. The Morgan fingerprint density at radius 2 is 1.97 bits per heavy atom. The molecule has 4 aromatic rings.